The van der Waals surface area contributed by atoms with E-state index in [9.17, 15) is 9.59 Å². The van der Waals surface area contributed by atoms with Gasteiger partial charge < -0.3 is 15.5 Å². The van der Waals surface area contributed by atoms with Crippen molar-refractivity contribution in [1.82, 2.24) is 9.80 Å². The van der Waals surface area contributed by atoms with Gasteiger partial charge in [0.15, 0.2) is 0 Å². The molecule has 1 heterocycles. The molecule has 0 bridgehead atoms. The fourth-order valence-corrected chi connectivity index (χ4v) is 1.92. The largest absolute Gasteiger partial charge is 0.339 e. The van der Waals surface area contributed by atoms with Crippen LogP contribution in [0.4, 0.5) is 0 Å². The molecule has 0 aliphatic carbocycles. The van der Waals surface area contributed by atoms with Gasteiger partial charge >= 0.3 is 0 Å². The molecule has 5 heteroatoms. The van der Waals surface area contributed by atoms with Crippen molar-refractivity contribution in [2.75, 3.05) is 32.7 Å². The summed E-state index contributed by atoms with van der Waals surface area (Å²) in [5, 5.41) is 0. The fourth-order valence-electron chi connectivity index (χ4n) is 1.92. The zero-order valence-electron chi connectivity index (χ0n) is 10.8. The van der Waals surface area contributed by atoms with Crippen molar-refractivity contribution >= 4 is 11.8 Å². The maximum absolute atomic E-state index is 11.9. The molecule has 0 aromatic rings. The molecule has 1 saturated heterocycles. The maximum Gasteiger partial charge on any atom is 0.222 e. The number of hydrogen-bond acceptors (Lipinski definition) is 3. The summed E-state index contributed by atoms with van der Waals surface area (Å²) in [6.07, 6.45) is 1.42. The van der Waals surface area contributed by atoms with Crippen molar-refractivity contribution < 1.29 is 9.59 Å². The van der Waals surface area contributed by atoms with E-state index in [2.05, 4.69) is 6.92 Å². The van der Waals surface area contributed by atoms with E-state index in [0.717, 1.165) is 6.42 Å². The van der Waals surface area contributed by atoms with Crippen LogP contribution in [0.1, 0.15) is 26.7 Å². The highest BCUT2D eigenvalue weighted by Gasteiger charge is 2.22. The zero-order chi connectivity index (χ0) is 12.8. The molecule has 98 valence electrons. The summed E-state index contributed by atoms with van der Waals surface area (Å²) >= 11 is 0. The van der Waals surface area contributed by atoms with Crippen LogP contribution >= 0.6 is 0 Å². The van der Waals surface area contributed by atoms with Gasteiger partial charge in [-0.15, -0.1) is 0 Å². The van der Waals surface area contributed by atoms with Crippen LogP contribution in [-0.4, -0.2) is 54.3 Å². The third-order valence-corrected chi connectivity index (χ3v) is 3.33. The first kappa shape index (κ1) is 14.0. The first-order chi connectivity index (χ1) is 8.04. The van der Waals surface area contributed by atoms with Crippen molar-refractivity contribution in [2.24, 2.45) is 11.7 Å². The Kier molecular flexibility index (Phi) is 5.41. The lowest BCUT2D eigenvalue weighted by atomic mass is 10.1. The number of amides is 2. The predicted molar refractivity (Wildman–Crippen MR) is 66.3 cm³/mol. The summed E-state index contributed by atoms with van der Waals surface area (Å²) in [5.41, 5.74) is 5.52. The molecule has 2 N–H and O–H groups in total. The van der Waals surface area contributed by atoms with E-state index in [-0.39, 0.29) is 11.8 Å². The van der Waals surface area contributed by atoms with Gasteiger partial charge in [0.2, 0.25) is 11.8 Å². The van der Waals surface area contributed by atoms with E-state index < -0.39 is 0 Å². The normalized spacial score (nSPS) is 18.1. The van der Waals surface area contributed by atoms with Gasteiger partial charge in [-0.05, 0) is 18.9 Å². The number of carbonyl (C=O) groups is 2. The summed E-state index contributed by atoms with van der Waals surface area (Å²) in [6.45, 7) is 6.90. The predicted octanol–water partition coefficient (Wildman–Crippen LogP) is 0.0521. The minimum Gasteiger partial charge on any atom is -0.339 e. The first-order valence-corrected chi connectivity index (χ1v) is 6.28. The van der Waals surface area contributed by atoms with E-state index in [1.807, 2.05) is 4.90 Å². The molecule has 1 aliphatic rings. The standard InChI is InChI=1S/C12H23N3O2/c1-10(9-13)3-4-12(17)15-7-5-14(6-8-15)11(2)16/h10H,3-9,13H2,1-2H3. The average molecular weight is 241 g/mol. The average Bonchev–Trinajstić information content (AvgIpc) is 2.35. The molecule has 17 heavy (non-hydrogen) atoms. The van der Waals surface area contributed by atoms with Gasteiger partial charge in [-0.2, -0.15) is 0 Å². The van der Waals surface area contributed by atoms with E-state index >= 15 is 0 Å². The molecule has 0 saturated carbocycles. The molecular formula is C12H23N3O2. The number of nitrogens with two attached hydrogens (primary N) is 1. The second-order valence-electron chi connectivity index (χ2n) is 4.77. The SMILES string of the molecule is CC(=O)N1CCN(C(=O)CCC(C)CN)CC1. The van der Waals surface area contributed by atoms with Crippen molar-refractivity contribution in [3.8, 4) is 0 Å². The Morgan fingerprint density at radius 3 is 2.18 bits per heavy atom. The van der Waals surface area contributed by atoms with Crippen LogP contribution in [0.3, 0.4) is 0 Å². The Morgan fingerprint density at radius 1 is 1.18 bits per heavy atom. The van der Waals surface area contributed by atoms with E-state index in [0.29, 0.717) is 45.1 Å². The lowest BCUT2D eigenvalue weighted by Crippen LogP contribution is -2.50. The first-order valence-electron chi connectivity index (χ1n) is 6.28. The molecule has 0 radical (unpaired) electrons. The summed E-state index contributed by atoms with van der Waals surface area (Å²) in [5.74, 6) is 0.680. The van der Waals surface area contributed by atoms with Crippen molar-refractivity contribution in [3.05, 3.63) is 0 Å². The molecule has 0 aromatic carbocycles. The Morgan fingerprint density at radius 2 is 1.71 bits per heavy atom. The van der Waals surface area contributed by atoms with Gasteiger partial charge in [0, 0.05) is 39.5 Å². The van der Waals surface area contributed by atoms with Gasteiger partial charge in [-0.3, -0.25) is 9.59 Å². The highest BCUT2D eigenvalue weighted by atomic mass is 16.2. The topological polar surface area (TPSA) is 66.6 Å². The summed E-state index contributed by atoms with van der Waals surface area (Å²) in [6, 6.07) is 0. The van der Waals surface area contributed by atoms with Crippen LogP contribution in [0.2, 0.25) is 0 Å². The fraction of sp³-hybridized carbons (Fsp3) is 0.833. The Bertz CT molecular complexity index is 273. The molecule has 1 rings (SSSR count). The van der Waals surface area contributed by atoms with Crippen LogP contribution in [0.15, 0.2) is 0 Å². The third-order valence-electron chi connectivity index (χ3n) is 3.33. The van der Waals surface area contributed by atoms with Gasteiger partial charge in [-0.25, -0.2) is 0 Å². The summed E-state index contributed by atoms with van der Waals surface area (Å²) in [7, 11) is 0. The number of hydrogen-bond donors (Lipinski definition) is 1. The monoisotopic (exact) mass is 241 g/mol. The Labute approximate surface area is 103 Å². The van der Waals surface area contributed by atoms with Gasteiger partial charge in [-0.1, -0.05) is 6.92 Å². The van der Waals surface area contributed by atoms with Crippen LogP contribution in [0.25, 0.3) is 0 Å². The summed E-state index contributed by atoms with van der Waals surface area (Å²) < 4.78 is 0. The Balaban J connectivity index is 2.28. The lowest BCUT2D eigenvalue weighted by Gasteiger charge is -2.34. The highest BCUT2D eigenvalue weighted by molar-refractivity contribution is 5.77. The molecule has 1 aliphatic heterocycles. The van der Waals surface area contributed by atoms with Gasteiger partial charge in [0.05, 0.1) is 0 Å². The van der Waals surface area contributed by atoms with Crippen molar-refractivity contribution in [3.63, 3.8) is 0 Å². The second-order valence-corrected chi connectivity index (χ2v) is 4.77. The van der Waals surface area contributed by atoms with Crippen LogP contribution in [0, 0.1) is 5.92 Å². The molecule has 1 atom stereocenters. The third kappa shape index (κ3) is 4.34. The zero-order valence-corrected chi connectivity index (χ0v) is 10.8. The van der Waals surface area contributed by atoms with E-state index in [1.165, 1.54) is 0 Å². The molecule has 0 aromatic heterocycles. The molecule has 5 nitrogen and oxygen atoms in total. The summed E-state index contributed by atoms with van der Waals surface area (Å²) in [4.78, 5) is 26.6. The molecular weight excluding hydrogens is 218 g/mol. The van der Waals surface area contributed by atoms with Crippen molar-refractivity contribution in [1.29, 1.82) is 0 Å². The molecule has 1 unspecified atom stereocenters. The molecule has 1 fully saturated rings. The lowest BCUT2D eigenvalue weighted by molar-refractivity contribution is -0.138. The minimum absolute atomic E-state index is 0.0915. The number of piperazine rings is 1. The molecule has 0 spiro atoms. The van der Waals surface area contributed by atoms with Crippen molar-refractivity contribution in [2.45, 2.75) is 26.7 Å². The maximum atomic E-state index is 11.9. The van der Waals surface area contributed by atoms with Gasteiger partial charge in [0.1, 0.15) is 0 Å². The van der Waals surface area contributed by atoms with Crippen LogP contribution in [0.5, 0.6) is 0 Å². The Hall–Kier alpha value is -1.10. The van der Waals surface area contributed by atoms with E-state index in [1.54, 1.807) is 11.8 Å². The highest BCUT2D eigenvalue weighted by Crippen LogP contribution is 2.09. The quantitative estimate of drug-likeness (QED) is 0.756. The van der Waals surface area contributed by atoms with Crippen LogP contribution < -0.4 is 5.73 Å². The second kappa shape index (κ2) is 6.59. The van der Waals surface area contributed by atoms with Gasteiger partial charge in [0.25, 0.3) is 0 Å². The van der Waals surface area contributed by atoms with Crippen LogP contribution in [-0.2, 0) is 9.59 Å². The minimum atomic E-state index is 0.0915. The molecule has 2 amide bonds. The smallest absolute Gasteiger partial charge is 0.222 e. The number of nitrogens with zero attached hydrogens (tertiary/aromatic N) is 2. The number of carbonyl (C=O) groups excluding carboxylic acids is 2. The van der Waals surface area contributed by atoms with E-state index in [4.69, 9.17) is 5.73 Å². The number of rotatable bonds is 4.